The summed E-state index contributed by atoms with van der Waals surface area (Å²) in [6.45, 7) is 1.77. The monoisotopic (exact) mass is 306 g/mol. The third kappa shape index (κ3) is 2.87. The van der Waals surface area contributed by atoms with Crippen LogP contribution in [-0.4, -0.2) is 16.0 Å². The van der Waals surface area contributed by atoms with Crippen LogP contribution >= 0.6 is 15.9 Å². The molecule has 4 nitrogen and oxygen atoms in total. The first-order chi connectivity index (χ1) is 8.56. The first-order valence-corrected chi connectivity index (χ1v) is 6.08. The van der Waals surface area contributed by atoms with Gasteiger partial charge in [-0.1, -0.05) is 0 Å². The number of carbonyl (C=O) groups is 1. The summed E-state index contributed by atoms with van der Waals surface area (Å²) in [5, 5.41) is 12.1. The van der Waals surface area contributed by atoms with E-state index in [-0.39, 0.29) is 11.7 Å². The lowest BCUT2D eigenvalue weighted by molar-refractivity contribution is 0.102. The number of hydrogen-bond donors (Lipinski definition) is 2. The predicted octanol–water partition coefficient (Wildman–Crippen LogP) is 3.11. The second kappa shape index (κ2) is 5.18. The molecule has 0 radical (unpaired) electrons. The number of phenolic OH excluding ortho intramolecular Hbond substituents is 1. The summed E-state index contributed by atoms with van der Waals surface area (Å²) in [6, 6.07) is 8.29. The van der Waals surface area contributed by atoms with Crippen LogP contribution < -0.4 is 5.32 Å². The summed E-state index contributed by atoms with van der Waals surface area (Å²) in [5.74, 6) is -0.0293. The van der Waals surface area contributed by atoms with E-state index in [4.69, 9.17) is 0 Å². The van der Waals surface area contributed by atoms with Crippen LogP contribution in [0.4, 0.5) is 5.69 Å². The Balaban J connectivity index is 2.16. The van der Waals surface area contributed by atoms with Crippen molar-refractivity contribution >= 4 is 27.5 Å². The van der Waals surface area contributed by atoms with Crippen molar-refractivity contribution in [3.8, 4) is 5.75 Å². The fourth-order valence-corrected chi connectivity index (χ4v) is 1.68. The molecule has 5 heteroatoms. The molecule has 0 saturated carbocycles. The Morgan fingerprint density at radius 1 is 1.33 bits per heavy atom. The van der Waals surface area contributed by atoms with E-state index in [1.54, 1.807) is 37.3 Å². The SMILES string of the molecule is Cc1cc(NC(=O)c2ccc(Br)nc2)ccc1O. The standard InChI is InChI=1S/C13H11BrN2O2/c1-8-6-10(3-4-11(8)17)16-13(18)9-2-5-12(14)15-7-9/h2-7,17H,1H3,(H,16,18). The Kier molecular flexibility index (Phi) is 3.62. The number of pyridine rings is 1. The lowest BCUT2D eigenvalue weighted by atomic mass is 10.2. The summed E-state index contributed by atoms with van der Waals surface area (Å²) in [7, 11) is 0. The van der Waals surface area contributed by atoms with Crippen molar-refractivity contribution in [2.45, 2.75) is 6.92 Å². The second-order valence-corrected chi connectivity index (χ2v) is 4.64. The summed E-state index contributed by atoms with van der Waals surface area (Å²) in [5.41, 5.74) is 1.82. The van der Waals surface area contributed by atoms with Crippen molar-refractivity contribution in [3.05, 3.63) is 52.3 Å². The van der Waals surface area contributed by atoms with Crippen molar-refractivity contribution in [1.82, 2.24) is 4.98 Å². The van der Waals surface area contributed by atoms with Crippen LogP contribution in [0.2, 0.25) is 0 Å². The average molecular weight is 307 g/mol. The Hall–Kier alpha value is -1.88. The van der Waals surface area contributed by atoms with Gasteiger partial charge in [-0.05, 0) is 58.7 Å². The Morgan fingerprint density at radius 3 is 2.72 bits per heavy atom. The molecule has 0 aliphatic heterocycles. The number of phenols is 1. The molecule has 1 heterocycles. The molecule has 1 aromatic heterocycles. The van der Waals surface area contributed by atoms with Crippen LogP contribution in [0.25, 0.3) is 0 Å². The molecule has 0 aliphatic carbocycles. The first-order valence-electron chi connectivity index (χ1n) is 5.29. The highest BCUT2D eigenvalue weighted by atomic mass is 79.9. The first kappa shape index (κ1) is 12.6. The van der Waals surface area contributed by atoms with Gasteiger partial charge in [0.1, 0.15) is 10.4 Å². The second-order valence-electron chi connectivity index (χ2n) is 3.82. The third-order valence-electron chi connectivity index (χ3n) is 2.44. The number of anilines is 1. The highest BCUT2D eigenvalue weighted by molar-refractivity contribution is 9.10. The maximum atomic E-state index is 11.9. The maximum Gasteiger partial charge on any atom is 0.257 e. The Labute approximate surface area is 113 Å². The van der Waals surface area contributed by atoms with Crippen LogP contribution in [0.15, 0.2) is 41.1 Å². The molecule has 0 spiro atoms. The molecule has 1 amide bonds. The summed E-state index contributed by atoms with van der Waals surface area (Å²) in [6.07, 6.45) is 1.49. The van der Waals surface area contributed by atoms with Crippen LogP contribution in [0.1, 0.15) is 15.9 Å². The topological polar surface area (TPSA) is 62.2 Å². The highest BCUT2D eigenvalue weighted by Gasteiger charge is 2.07. The number of amides is 1. The average Bonchev–Trinajstić information content (AvgIpc) is 2.34. The molecule has 0 saturated heterocycles. The van der Waals surface area contributed by atoms with E-state index in [1.165, 1.54) is 6.20 Å². The number of nitrogens with zero attached hydrogens (tertiary/aromatic N) is 1. The van der Waals surface area contributed by atoms with Crippen LogP contribution in [0.5, 0.6) is 5.75 Å². The van der Waals surface area contributed by atoms with E-state index in [9.17, 15) is 9.90 Å². The number of aromatic nitrogens is 1. The quantitative estimate of drug-likeness (QED) is 0.662. The normalized spacial score (nSPS) is 10.1. The highest BCUT2D eigenvalue weighted by Crippen LogP contribution is 2.20. The molecular weight excluding hydrogens is 296 g/mol. The zero-order chi connectivity index (χ0) is 13.1. The molecular formula is C13H11BrN2O2. The molecule has 2 aromatic rings. The van der Waals surface area contributed by atoms with Gasteiger partial charge in [0.15, 0.2) is 0 Å². The zero-order valence-corrected chi connectivity index (χ0v) is 11.2. The largest absolute Gasteiger partial charge is 0.508 e. The van der Waals surface area contributed by atoms with Gasteiger partial charge in [-0.15, -0.1) is 0 Å². The minimum Gasteiger partial charge on any atom is -0.508 e. The fraction of sp³-hybridized carbons (Fsp3) is 0.0769. The van der Waals surface area contributed by atoms with E-state index in [1.807, 2.05) is 0 Å². The van der Waals surface area contributed by atoms with Gasteiger partial charge < -0.3 is 10.4 Å². The number of aromatic hydroxyl groups is 1. The number of aryl methyl sites for hydroxylation is 1. The van der Waals surface area contributed by atoms with Crippen LogP contribution in [0.3, 0.4) is 0 Å². The van der Waals surface area contributed by atoms with E-state index in [0.717, 1.165) is 0 Å². The summed E-state index contributed by atoms with van der Waals surface area (Å²) < 4.78 is 0.680. The van der Waals surface area contributed by atoms with Gasteiger partial charge in [-0.25, -0.2) is 4.98 Å². The van der Waals surface area contributed by atoms with Crippen molar-refractivity contribution in [1.29, 1.82) is 0 Å². The van der Waals surface area contributed by atoms with Crippen molar-refractivity contribution in [2.24, 2.45) is 0 Å². The Bertz CT molecular complexity index is 582. The third-order valence-corrected chi connectivity index (χ3v) is 2.91. The smallest absolute Gasteiger partial charge is 0.257 e. The van der Waals surface area contributed by atoms with E-state index < -0.39 is 0 Å². The molecule has 0 aliphatic rings. The molecule has 18 heavy (non-hydrogen) atoms. The van der Waals surface area contributed by atoms with Gasteiger partial charge in [0.2, 0.25) is 0 Å². The van der Waals surface area contributed by atoms with E-state index in [2.05, 4.69) is 26.2 Å². The van der Waals surface area contributed by atoms with E-state index in [0.29, 0.717) is 21.4 Å². The molecule has 2 N–H and O–H groups in total. The Morgan fingerprint density at radius 2 is 2.11 bits per heavy atom. The summed E-state index contributed by atoms with van der Waals surface area (Å²) in [4.78, 5) is 15.9. The van der Waals surface area contributed by atoms with Gasteiger partial charge in [0.05, 0.1) is 5.56 Å². The number of halogens is 1. The van der Waals surface area contributed by atoms with Gasteiger partial charge >= 0.3 is 0 Å². The number of nitrogens with one attached hydrogen (secondary N) is 1. The molecule has 92 valence electrons. The fourth-order valence-electron chi connectivity index (χ4n) is 1.45. The lowest BCUT2D eigenvalue weighted by Gasteiger charge is -2.06. The van der Waals surface area contributed by atoms with Crippen molar-refractivity contribution in [3.63, 3.8) is 0 Å². The predicted molar refractivity (Wildman–Crippen MR) is 72.7 cm³/mol. The van der Waals surface area contributed by atoms with Crippen molar-refractivity contribution in [2.75, 3.05) is 5.32 Å². The molecule has 0 atom stereocenters. The number of benzene rings is 1. The number of hydrogen-bond acceptors (Lipinski definition) is 3. The summed E-state index contributed by atoms with van der Waals surface area (Å²) >= 11 is 3.21. The lowest BCUT2D eigenvalue weighted by Crippen LogP contribution is -2.12. The molecule has 1 aromatic carbocycles. The number of rotatable bonds is 2. The molecule has 0 fully saturated rings. The molecule has 0 unspecified atom stereocenters. The number of carbonyl (C=O) groups excluding carboxylic acids is 1. The van der Waals surface area contributed by atoms with Gasteiger partial charge in [0.25, 0.3) is 5.91 Å². The minimum absolute atomic E-state index is 0.207. The van der Waals surface area contributed by atoms with Gasteiger partial charge in [-0.3, -0.25) is 4.79 Å². The van der Waals surface area contributed by atoms with Crippen molar-refractivity contribution < 1.29 is 9.90 Å². The molecule has 0 bridgehead atoms. The molecule has 2 rings (SSSR count). The zero-order valence-electron chi connectivity index (χ0n) is 9.64. The van der Waals surface area contributed by atoms with Gasteiger partial charge in [0, 0.05) is 11.9 Å². The van der Waals surface area contributed by atoms with Crippen LogP contribution in [-0.2, 0) is 0 Å². The maximum absolute atomic E-state index is 11.9. The minimum atomic E-state index is -0.236. The van der Waals surface area contributed by atoms with E-state index >= 15 is 0 Å². The van der Waals surface area contributed by atoms with Gasteiger partial charge in [-0.2, -0.15) is 0 Å². The van der Waals surface area contributed by atoms with Crippen LogP contribution in [0, 0.1) is 6.92 Å².